The van der Waals surface area contributed by atoms with E-state index < -0.39 is 5.54 Å². The van der Waals surface area contributed by atoms with Gasteiger partial charge in [0.2, 0.25) is 5.91 Å². The monoisotopic (exact) mass is 269 g/mol. The van der Waals surface area contributed by atoms with E-state index in [1.807, 2.05) is 19.0 Å². The third-order valence-electron chi connectivity index (χ3n) is 3.86. The Hall–Kier alpha value is -0.610. The maximum atomic E-state index is 12.8. The normalized spacial score (nSPS) is 18.9. The van der Waals surface area contributed by atoms with Crippen molar-refractivity contribution in [3.8, 4) is 0 Å². The second-order valence-corrected chi connectivity index (χ2v) is 6.67. The SMILES string of the molecule is CC(C)CN(CCN(C)C)C(=O)C1(N)CCCCC1. The van der Waals surface area contributed by atoms with Crippen molar-refractivity contribution in [1.82, 2.24) is 9.80 Å². The molecule has 4 heteroatoms. The molecule has 1 fully saturated rings. The van der Waals surface area contributed by atoms with Gasteiger partial charge in [-0.15, -0.1) is 0 Å². The number of hydrogen-bond donors (Lipinski definition) is 1. The Morgan fingerprint density at radius 3 is 2.21 bits per heavy atom. The number of carbonyl (C=O) groups excluding carboxylic acids is 1. The second kappa shape index (κ2) is 7.25. The quantitative estimate of drug-likeness (QED) is 0.798. The molecule has 0 atom stereocenters. The third kappa shape index (κ3) is 5.11. The Morgan fingerprint density at radius 1 is 1.16 bits per heavy atom. The molecule has 0 saturated heterocycles. The van der Waals surface area contributed by atoms with Crippen LogP contribution in [0.2, 0.25) is 0 Å². The predicted octanol–water partition coefficient (Wildman–Crippen LogP) is 1.69. The third-order valence-corrected chi connectivity index (χ3v) is 3.86. The van der Waals surface area contributed by atoms with Gasteiger partial charge in [-0.1, -0.05) is 33.1 Å². The highest BCUT2D eigenvalue weighted by atomic mass is 16.2. The molecule has 1 aliphatic rings. The number of rotatable bonds is 6. The lowest BCUT2D eigenvalue weighted by molar-refractivity contribution is -0.139. The fourth-order valence-corrected chi connectivity index (χ4v) is 2.75. The standard InChI is InChI=1S/C15H31N3O/c1-13(2)12-18(11-10-17(3)4)14(19)15(16)8-6-5-7-9-15/h13H,5-12,16H2,1-4H3. The molecule has 4 nitrogen and oxygen atoms in total. The van der Waals surface area contributed by atoms with Crippen LogP contribution in [0.4, 0.5) is 0 Å². The summed E-state index contributed by atoms with van der Waals surface area (Å²) in [6.45, 7) is 6.79. The van der Waals surface area contributed by atoms with Gasteiger partial charge in [-0.2, -0.15) is 0 Å². The summed E-state index contributed by atoms with van der Waals surface area (Å²) in [6, 6.07) is 0. The molecule has 0 spiro atoms. The number of nitrogens with zero attached hydrogens (tertiary/aromatic N) is 2. The Balaban J connectivity index is 2.68. The zero-order chi connectivity index (χ0) is 14.5. The fraction of sp³-hybridized carbons (Fsp3) is 0.933. The molecule has 1 rings (SSSR count). The van der Waals surface area contributed by atoms with Gasteiger partial charge in [0.05, 0.1) is 5.54 Å². The zero-order valence-electron chi connectivity index (χ0n) is 13.1. The summed E-state index contributed by atoms with van der Waals surface area (Å²) in [5, 5.41) is 0. The van der Waals surface area contributed by atoms with Gasteiger partial charge in [0.1, 0.15) is 0 Å². The van der Waals surface area contributed by atoms with E-state index >= 15 is 0 Å². The van der Waals surface area contributed by atoms with E-state index in [1.165, 1.54) is 6.42 Å². The van der Waals surface area contributed by atoms with E-state index in [0.717, 1.165) is 45.3 Å². The van der Waals surface area contributed by atoms with E-state index in [-0.39, 0.29) is 5.91 Å². The van der Waals surface area contributed by atoms with E-state index in [2.05, 4.69) is 18.7 Å². The van der Waals surface area contributed by atoms with Crippen LogP contribution in [0.5, 0.6) is 0 Å². The molecule has 0 unspecified atom stereocenters. The lowest BCUT2D eigenvalue weighted by Crippen LogP contribution is -2.57. The van der Waals surface area contributed by atoms with Crippen LogP contribution in [0.15, 0.2) is 0 Å². The van der Waals surface area contributed by atoms with Crippen molar-refractivity contribution in [2.75, 3.05) is 33.7 Å². The number of amides is 1. The van der Waals surface area contributed by atoms with Crippen molar-refractivity contribution in [3.05, 3.63) is 0 Å². The predicted molar refractivity (Wildman–Crippen MR) is 80.0 cm³/mol. The molecular weight excluding hydrogens is 238 g/mol. The Labute approximate surface area is 118 Å². The minimum Gasteiger partial charge on any atom is -0.340 e. The van der Waals surface area contributed by atoms with Crippen LogP contribution in [-0.2, 0) is 4.79 Å². The van der Waals surface area contributed by atoms with Crippen molar-refractivity contribution >= 4 is 5.91 Å². The number of carbonyl (C=O) groups is 1. The molecule has 1 saturated carbocycles. The molecule has 0 aromatic carbocycles. The topological polar surface area (TPSA) is 49.6 Å². The summed E-state index contributed by atoms with van der Waals surface area (Å²) in [6.07, 6.45) is 5.09. The Kier molecular flexibility index (Phi) is 6.27. The number of likely N-dealkylation sites (N-methyl/N-ethyl adjacent to an activating group) is 1. The van der Waals surface area contributed by atoms with Crippen LogP contribution in [0.1, 0.15) is 46.0 Å². The molecule has 0 aliphatic heterocycles. The van der Waals surface area contributed by atoms with Gasteiger partial charge < -0.3 is 15.5 Å². The molecule has 0 aromatic heterocycles. The summed E-state index contributed by atoms with van der Waals surface area (Å²) < 4.78 is 0. The van der Waals surface area contributed by atoms with E-state index in [9.17, 15) is 4.79 Å². The second-order valence-electron chi connectivity index (χ2n) is 6.67. The maximum absolute atomic E-state index is 12.8. The van der Waals surface area contributed by atoms with Crippen molar-refractivity contribution < 1.29 is 4.79 Å². The van der Waals surface area contributed by atoms with Crippen molar-refractivity contribution in [3.63, 3.8) is 0 Å². The van der Waals surface area contributed by atoms with Crippen LogP contribution < -0.4 is 5.73 Å². The maximum Gasteiger partial charge on any atom is 0.242 e. The Bertz CT molecular complexity index is 283. The zero-order valence-corrected chi connectivity index (χ0v) is 13.1. The molecule has 0 heterocycles. The summed E-state index contributed by atoms with van der Waals surface area (Å²) in [5.74, 6) is 0.654. The van der Waals surface area contributed by atoms with Crippen molar-refractivity contribution in [2.45, 2.75) is 51.5 Å². The minimum atomic E-state index is -0.598. The molecule has 0 radical (unpaired) electrons. The molecular formula is C15H31N3O. The first-order chi connectivity index (χ1) is 8.85. The van der Waals surface area contributed by atoms with Gasteiger partial charge in [-0.05, 0) is 32.9 Å². The van der Waals surface area contributed by atoms with Gasteiger partial charge in [-0.25, -0.2) is 0 Å². The van der Waals surface area contributed by atoms with Crippen LogP contribution in [0.3, 0.4) is 0 Å². The molecule has 1 amide bonds. The minimum absolute atomic E-state index is 0.169. The average Bonchev–Trinajstić information content (AvgIpc) is 2.34. The highest BCUT2D eigenvalue weighted by Crippen LogP contribution is 2.28. The largest absolute Gasteiger partial charge is 0.340 e. The number of nitrogens with two attached hydrogens (primary N) is 1. The van der Waals surface area contributed by atoms with Gasteiger partial charge in [-0.3, -0.25) is 4.79 Å². The molecule has 0 aromatic rings. The first-order valence-corrected chi connectivity index (χ1v) is 7.58. The summed E-state index contributed by atoms with van der Waals surface area (Å²) in [7, 11) is 4.08. The molecule has 19 heavy (non-hydrogen) atoms. The first-order valence-electron chi connectivity index (χ1n) is 7.58. The van der Waals surface area contributed by atoms with Crippen LogP contribution >= 0.6 is 0 Å². The lowest BCUT2D eigenvalue weighted by atomic mass is 9.81. The van der Waals surface area contributed by atoms with Crippen molar-refractivity contribution in [1.29, 1.82) is 0 Å². The molecule has 0 bridgehead atoms. The summed E-state index contributed by atoms with van der Waals surface area (Å²) in [4.78, 5) is 16.8. The van der Waals surface area contributed by atoms with E-state index in [4.69, 9.17) is 5.73 Å². The highest BCUT2D eigenvalue weighted by molar-refractivity contribution is 5.86. The van der Waals surface area contributed by atoms with Crippen LogP contribution in [-0.4, -0.2) is 55.0 Å². The summed E-state index contributed by atoms with van der Waals surface area (Å²) >= 11 is 0. The highest BCUT2D eigenvalue weighted by Gasteiger charge is 2.38. The van der Waals surface area contributed by atoms with Gasteiger partial charge in [0.25, 0.3) is 0 Å². The van der Waals surface area contributed by atoms with Gasteiger partial charge >= 0.3 is 0 Å². The fourth-order valence-electron chi connectivity index (χ4n) is 2.75. The molecule has 112 valence electrons. The lowest BCUT2D eigenvalue weighted by Gasteiger charge is -2.38. The molecule has 1 aliphatic carbocycles. The number of hydrogen-bond acceptors (Lipinski definition) is 3. The molecule has 2 N–H and O–H groups in total. The first kappa shape index (κ1) is 16.4. The Morgan fingerprint density at radius 2 is 1.74 bits per heavy atom. The van der Waals surface area contributed by atoms with Gasteiger partial charge in [0, 0.05) is 19.6 Å². The van der Waals surface area contributed by atoms with Gasteiger partial charge in [0.15, 0.2) is 0 Å². The van der Waals surface area contributed by atoms with E-state index in [1.54, 1.807) is 0 Å². The van der Waals surface area contributed by atoms with Crippen LogP contribution in [0, 0.1) is 5.92 Å². The average molecular weight is 269 g/mol. The van der Waals surface area contributed by atoms with Crippen LogP contribution in [0.25, 0.3) is 0 Å². The van der Waals surface area contributed by atoms with Crippen molar-refractivity contribution in [2.24, 2.45) is 11.7 Å². The smallest absolute Gasteiger partial charge is 0.242 e. The summed E-state index contributed by atoms with van der Waals surface area (Å²) in [5.41, 5.74) is 5.78. The van der Waals surface area contributed by atoms with E-state index in [0.29, 0.717) is 5.92 Å².